The normalized spacial score (nSPS) is 9.79. The lowest BCUT2D eigenvalue weighted by atomic mass is 10.3. The highest BCUT2D eigenvalue weighted by molar-refractivity contribution is 6.29. The maximum absolute atomic E-state index is 5.68. The van der Waals surface area contributed by atoms with Crippen LogP contribution in [0.4, 0.5) is 0 Å². The van der Waals surface area contributed by atoms with Crippen molar-refractivity contribution in [2.24, 2.45) is 0 Å². The number of aryl methyl sites for hydroxylation is 2. The van der Waals surface area contributed by atoms with E-state index in [1.807, 2.05) is 27.7 Å². The van der Waals surface area contributed by atoms with Crippen LogP contribution in [0.25, 0.3) is 11.2 Å². The molecule has 0 amide bonds. The van der Waals surface area contributed by atoms with Crippen LogP contribution in [0.2, 0.25) is 5.15 Å². The second kappa shape index (κ2) is 4.42. The molecule has 2 aromatic rings. The van der Waals surface area contributed by atoms with Gasteiger partial charge in [0.15, 0.2) is 0 Å². The average molecular weight is 213 g/mol. The molecule has 0 atom stereocenters. The molecule has 0 aromatic carbocycles. The third-order valence-corrected chi connectivity index (χ3v) is 2.02. The quantitative estimate of drug-likeness (QED) is 0.671. The van der Waals surface area contributed by atoms with Gasteiger partial charge in [0.25, 0.3) is 0 Å². The Bertz CT molecular complexity index is 437. The van der Waals surface area contributed by atoms with Crippen LogP contribution in [-0.2, 0) is 0 Å². The minimum atomic E-state index is 0.395. The van der Waals surface area contributed by atoms with Crippen LogP contribution in [0.3, 0.4) is 0 Å². The molecule has 14 heavy (non-hydrogen) atoms. The van der Waals surface area contributed by atoms with E-state index < -0.39 is 0 Å². The molecule has 2 rings (SSSR count). The first-order valence-corrected chi connectivity index (χ1v) is 4.94. The lowest BCUT2D eigenvalue weighted by Gasteiger charge is -1.88. The maximum Gasteiger partial charge on any atom is 0.245 e. The molecule has 2 heterocycles. The first kappa shape index (κ1) is 11.0. The topological polar surface area (TPSA) is 38.9 Å². The zero-order valence-corrected chi connectivity index (χ0v) is 9.51. The summed E-state index contributed by atoms with van der Waals surface area (Å²) in [4.78, 5) is 8.11. The van der Waals surface area contributed by atoms with Gasteiger partial charge in [-0.2, -0.15) is 0 Å². The lowest BCUT2D eigenvalue weighted by Crippen LogP contribution is -1.80. The van der Waals surface area contributed by atoms with Crippen molar-refractivity contribution < 1.29 is 4.42 Å². The third-order valence-electron chi connectivity index (χ3n) is 1.84. The van der Waals surface area contributed by atoms with E-state index in [0.29, 0.717) is 10.9 Å². The standard InChI is InChI=1S/C8H7ClN2O.C2H6/c1-4-5(2)12-8-7(4)11-6(9)3-10-8;1-2/h3H,1-2H3;1-2H3. The number of aromatic nitrogens is 2. The van der Waals surface area contributed by atoms with Crippen LogP contribution in [0.15, 0.2) is 10.6 Å². The Morgan fingerprint density at radius 1 is 1.29 bits per heavy atom. The second-order valence-corrected chi connectivity index (χ2v) is 3.02. The minimum absolute atomic E-state index is 0.395. The van der Waals surface area contributed by atoms with E-state index in [1.165, 1.54) is 6.20 Å². The van der Waals surface area contributed by atoms with E-state index in [9.17, 15) is 0 Å². The van der Waals surface area contributed by atoms with E-state index >= 15 is 0 Å². The summed E-state index contributed by atoms with van der Waals surface area (Å²) in [5.74, 6) is 0.840. The number of rotatable bonds is 0. The number of nitrogens with zero attached hydrogens (tertiary/aromatic N) is 2. The van der Waals surface area contributed by atoms with Gasteiger partial charge in [0.1, 0.15) is 16.4 Å². The second-order valence-electron chi connectivity index (χ2n) is 2.63. The Kier molecular flexibility index (Phi) is 3.47. The average Bonchev–Trinajstić information content (AvgIpc) is 2.48. The highest BCUT2D eigenvalue weighted by atomic mass is 35.5. The van der Waals surface area contributed by atoms with Gasteiger partial charge in [0.2, 0.25) is 5.71 Å². The lowest BCUT2D eigenvalue weighted by molar-refractivity contribution is 0.564. The van der Waals surface area contributed by atoms with Crippen LogP contribution in [0, 0.1) is 13.8 Å². The van der Waals surface area contributed by atoms with Gasteiger partial charge < -0.3 is 4.42 Å². The molecular formula is C10H13ClN2O. The van der Waals surface area contributed by atoms with Crippen LogP contribution in [0.5, 0.6) is 0 Å². The summed E-state index contributed by atoms with van der Waals surface area (Å²) in [6.07, 6.45) is 1.48. The SMILES string of the molecule is CC.Cc1oc2ncc(Cl)nc2c1C. The summed E-state index contributed by atoms with van der Waals surface area (Å²) in [5, 5.41) is 0.395. The molecular weight excluding hydrogens is 200 g/mol. The minimum Gasteiger partial charge on any atom is -0.441 e. The molecule has 0 fully saturated rings. The zero-order valence-electron chi connectivity index (χ0n) is 8.76. The van der Waals surface area contributed by atoms with Gasteiger partial charge in [0, 0.05) is 5.56 Å². The predicted molar refractivity (Wildman–Crippen MR) is 57.6 cm³/mol. The smallest absolute Gasteiger partial charge is 0.245 e. The molecule has 0 saturated heterocycles. The van der Waals surface area contributed by atoms with E-state index in [1.54, 1.807) is 0 Å². The summed E-state index contributed by atoms with van der Waals surface area (Å²) < 4.78 is 5.32. The summed E-state index contributed by atoms with van der Waals surface area (Å²) in [6, 6.07) is 0. The summed E-state index contributed by atoms with van der Waals surface area (Å²) in [7, 11) is 0. The summed E-state index contributed by atoms with van der Waals surface area (Å²) in [6.45, 7) is 7.82. The Balaban J connectivity index is 0.000000461. The van der Waals surface area contributed by atoms with Gasteiger partial charge in [-0.1, -0.05) is 25.4 Å². The monoisotopic (exact) mass is 212 g/mol. The third kappa shape index (κ3) is 1.87. The Labute approximate surface area is 88.1 Å². The summed E-state index contributed by atoms with van der Waals surface area (Å²) in [5.41, 5.74) is 2.30. The van der Waals surface area contributed by atoms with Crippen molar-refractivity contribution >= 4 is 22.8 Å². The predicted octanol–water partition coefficient (Wildman–Crippen LogP) is 3.52. The van der Waals surface area contributed by atoms with Gasteiger partial charge >= 0.3 is 0 Å². The fourth-order valence-electron chi connectivity index (χ4n) is 1.06. The fourth-order valence-corrected chi connectivity index (χ4v) is 1.20. The van der Waals surface area contributed by atoms with Crippen molar-refractivity contribution in [2.45, 2.75) is 27.7 Å². The van der Waals surface area contributed by atoms with Crippen molar-refractivity contribution in [2.75, 3.05) is 0 Å². The molecule has 0 aliphatic rings. The van der Waals surface area contributed by atoms with Crippen molar-refractivity contribution in [3.63, 3.8) is 0 Å². The van der Waals surface area contributed by atoms with Crippen molar-refractivity contribution in [3.05, 3.63) is 22.7 Å². The van der Waals surface area contributed by atoms with Gasteiger partial charge in [0.05, 0.1) is 6.20 Å². The largest absolute Gasteiger partial charge is 0.441 e. The first-order chi connectivity index (χ1) is 6.68. The maximum atomic E-state index is 5.68. The number of halogens is 1. The number of furan rings is 1. The molecule has 0 aliphatic carbocycles. The van der Waals surface area contributed by atoms with Gasteiger partial charge in [-0.05, 0) is 13.8 Å². The van der Waals surface area contributed by atoms with E-state index in [0.717, 1.165) is 16.8 Å². The fraction of sp³-hybridized carbons (Fsp3) is 0.400. The molecule has 0 saturated carbocycles. The van der Waals surface area contributed by atoms with Gasteiger partial charge in [-0.3, -0.25) is 0 Å². The highest BCUT2D eigenvalue weighted by Crippen LogP contribution is 2.21. The van der Waals surface area contributed by atoms with Crippen LogP contribution < -0.4 is 0 Å². The van der Waals surface area contributed by atoms with Crippen molar-refractivity contribution in [1.29, 1.82) is 0 Å². The van der Waals surface area contributed by atoms with E-state index in [4.69, 9.17) is 16.0 Å². The Hall–Kier alpha value is -1.09. The molecule has 0 N–H and O–H groups in total. The molecule has 0 radical (unpaired) electrons. The summed E-state index contributed by atoms with van der Waals surface area (Å²) >= 11 is 5.68. The number of hydrogen-bond acceptors (Lipinski definition) is 3. The van der Waals surface area contributed by atoms with Crippen LogP contribution >= 0.6 is 11.6 Å². The van der Waals surface area contributed by atoms with E-state index in [2.05, 4.69) is 9.97 Å². The first-order valence-electron chi connectivity index (χ1n) is 4.56. The highest BCUT2D eigenvalue weighted by Gasteiger charge is 2.08. The Morgan fingerprint density at radius 2 is 1.93 bits per heavy atom. The molecule has 4 heteroatoms. The molecule has 3 nitrogen and oxygen atoms in total. The number of hydrogen-bond donors (Lipinski definition) is 0. The van der Waals surface area contributed by atoms with Gasteiger partial charge in [-0.15, -0.1) is 0 Å². The van der Waals surface area contributed by atoms with Crippen LogP contribution in [-0.4, -0.2) is 9.97 Å². The van der Waals surface area contributed by atoms with Gasteiger partial charge in [-0.25, -0.2) is 9.97 Å². The molecule has 0 bridgehead atoms. The van der Waals surface area contributed by atoms with Crippen molar-refractivity contribution in [3.8, 4) is 0 Å². The molecule has 0 unspecified atom stereocenters. The van der Waals surface area contributed by atoms with Crippen molar-refractivity contribution in [1.82, 2.24) is 9.97 Å². The number of fused-ring (bicyclic) bond motifs is 1. The van der Waals surface area contributed by atoms with E-state index in [-0.39, 0.29) is 0 Å². The Morgan fingerprint density at radius 3 is 2.57 bits per heavy atom. The molecule has 0 aliphatic heterocycles. The molecule has 2 aromatic heterocycles. The molecule has 76 valence electrons. The zero-order chi connectivity index (χ0) is 10.7. The molecule has 0 spiro atoms. The van der Waals surface area contributed by atoms with Crippen LogP contribution in [0.1, 0.15) is 25.2 Å².